The molecule has 26 heavy (non-hydrogen) atoms. The molecule has 0 spiro atoms. The van der Waals surface area contributed by atoms with Crippen LogP contribution in [0.4, 0.5) is 0 Å². The lowest BCUT2D eigenvalue weighted by Crippen LogP contribution is -2.20. The van der Waals surface area contributed by atoms with Crippen molar-refractivity contribution in [1.29, 1.82) is 0 Å². The Morgan fingerprint density at radius 2 is 1.42 bits per heavy atom. The first kappa shape index (κ1) is 25.1. The van der Waals surface area contributed by atoms with E-state index in [0.29, 0.717) is 6.42 Å². The molecule has 5 nitrogen and oxygen atoms in total. The maximum Gasteiger partial charge on any atom is 0.342 e. The van der Waals surface area contributed by atoms with Gasteiger partial charge in [0.15, 0.2) is 0 Å². The molecule has 0 saturated heterocycles. The fourth-order valence-electron chi connectivity index (χ4n) is 2.61. The molecule has 0 radical (unpaired) electrons. The van der Waals surface area contributed by atoms with Gasteiger partial charge in [0.05, 0.1) is 6.61 Å². The van der Waals surface area contributed by atoms with Gasteiger partial charge in [0.1, 0.15) is 12.7 Å². The van der Waals surface area contributed by atoms with E-state index in [1.54, 1.807) is 0 Å². The Kier molecular flexibility index (Phi) is 19.7. The Bertz CT molecular complexity index is 330. The van der Waals surface area contributed by atoms with Crippen molar-refractivity contribution in [3.05, 3.63) is 12.2 Å². The standard InChI is InChI=1S/C21H40O5/c1-2-3-4-5-6-7-8-9-10-11-12-13-14-15-16-17-21(24)26-25-19-20(23)18-22/h9-10,20,22-23H,2-8,11-19H2,1H3/b10-9-. The molecule has 0 aliphatic heterocycles. The summed E-state index contributed by atoms with van der Waals surface area (Å²) < 4.78 is 0. The van der Waals surface area contributed by atoms with Crippen LogP contribution in [0.15, 0.2) is 12.2 Å². The van der Waals surface area contributed by atoms with E-state index in [9.17, 15) is 4.79 Å². The Balaban J connectivity index is 3.23. The minimum atomic E-state index is -1.01. The summed E-state index contributed by atoms with van der Waals surface area (Å²) in [5.41, 5.74) is 0. The van der Waals surface area contributed by atoms with Crippen LogP contribution in [0, 0.1) is 0 Å². The zero-order valence-electron chi connectivity index (χ0n) is 16.7. The molecule has 0 heterocycles. The number of hydrogen-bond donors (Lipinski definition) is 2. The molecule has 0 aliphatic carbocycles. The number of hydrogen-bond acceptors (Lipinski definition) is 5. The van der Waals surface area contributed by atoms with Gasteiger partial charge in [-0.05, 0) is 32.1 Å². The number of rotatable bonds is 19. The van der Waals surface area contributed by atoms with E-state index in [2.05, 4.69) is 28.9 Å². The second-order valence-electron chi connectivity index (χ2n) is 6.91. The van der Waals surface area contributed by atoms with Crippen molar-refractivity contribution in [2.24, 2.45) is 0 Å². The first-order chi connectivity index (χ1) is 12.7. The van der Waals surface area contributed by atoms with Gasteiger partial charge in [-0.15, -0.1) is 0 Å². The Hall–Kier alpha value is -0.910. The highest BCUT2D eigenvalue weighted by atomic mass is 17.2. The normalized spacial score (nSPS) is 12.6. The van der Waals surface area contributed by atoms with Gasteiger partial charge in [0, 0.05) is 6.42 Å². The van der Waals surface area contributed by atoms with Gasteiger partial charge in [-0.1, -0.05) is 70.4 Å². The van der Waals surface area contributed by atoms with Crippen LogP contribution in [-0.4, -0.2) is 35.5 Å². The lowest BCUT2D eigenvalue weighted by atomic mass is 10.1. The molecule has 0 aromatic carbocycles. The van der Waals surface area contributed by atoms with Crippen LogP contribution in [-0.2, 0) is 14.6 Å². The minimum Gasteiger partial charge on any atom is -0.394 e. The van der Waals surface area contributed by atoms with E-state index in [4.69, 9.17) is 10.2 Å². The molecule has 2 N–H and O–H groups in total. The van der Waals surface area contributed by atoms with Gasteiger partial charge in [-0.3, -0.25) is 4.89 Å². The summed E-state index contributed by atoms with van der Waals surface area (Å²) >= 11 is 0. The molecule has 0 aliphatic rings. The lowest BCUT2D eigenvalue weighted by molar-refractivity contribution is -0.282. The summed E-state index contributed by atoms with van der Waals surface area (Å²) in [7, 11) is 0. The smallest absolute Gasteiger partial charge is 0.342 e. The third-order valence-electron chi connectivity index (χ3n) is 4.27. The number of aliphatic hydroxyl groups is 2. The molecule has 0 aromatic rings. The van der Waals surface area contributed by atoms with E-state index in [0.717, 1.165) is 25.7 Å². The fourth-order valence-corrected chi connectivity index (χ4v) is 2.61. The van der Waals surface area contributed by atoms with Crippen LogP contribution in [0.5, 0.6) is 0 Å². The molecular weight excluding hydrogens is 332 g/mol. The van der Waals surface area contributed by atoms with Crippen molar-refractivity contribution in [2.75, 3.05) is 13.2 Å². The van der Waals surface area contributed by atoms with E-state index < -0.39 is 18.7 Å². The molecule has 0 amide bonds. The van der Waals surface area contributed by atoms with Crippen molar-refractivity contribution in [3.63, 3.8) is 0 Å². The Morgan fingerprint density at radius 3 is 2.00 bits per heavy atom. The van der Waals surface area contributed by atoms with Gasteiger partial charge in [-0.2, -0.15) is 4.89 Å². The van der Waals surface area contributed by atoms with Crippen LogP contribution in [0.3, 0.4) is 0 Å². The molecule has 154 valence electrons. The summed E-state index contributed by atoms with van der Waals surface area (Å²) in [4.78, 5) is 20.4. The van der Waals surface area contributed by atoms with E-state index >= 15 is 0 Å². The highest BCUT2D eigenvalue weighted by Gasteiger charge is 2.07. The summed E-state index contributed by atoms with van der Waals surface area (Å²) in [6.07, 6.45) is 19.8. The van der Waals surface area contributed by atoms with Gasteiger partial charge >= 0.3 is 5.97 Å². The highest BCUT2D eigenvalue weighted by molar-refractivity contribution is 5.68. The molecule has 1 atom stereocenters. The molecule has 0 saturated carbocycles. The maximum absolute atomic E-state index is 11.3. The topological polar surface area (TPSA) is 76.0 Å². The SMILES string of the molecule is CCCCCCCC/C=C\CCCCCCCC(=O)OOCC(O)CO. The van der Waals surface area contributed by atoms with Crippen LogP contribution in [0.2, 0.25) is 0 Å². The molecule has 5 heteroatoms. The number of aliphatic hydroxyl groups excluding tert-OH is 2. The van der Waals surface area contributed by atoms with Crippen LogP contribution in [0.25, 0.3) is 0 Å². The first-order valence-electron chi connectivity index (χ1n) is 10.5. The molecule has 1 unspecified atom stereocenters. The third kappa shape index (κ3) is 19.4. The fraction of sp³-hybridized carbons (Fsp3) is 0.857. The quantitative estimate of drug-likeness (QED) is 0.147. The zero-order chi connectivity index (χ0) is 19.3. The second-order valence-corrected chi connectivity index (χ2v) is 6.91. The lowest BCUT2D eigenvalue weighted by Gasteiger charge is -2.06. The summed E-state index contributed by atoms with van der Waals surface area (Å²) in [6, 6.07) is 0. The van der Waals surface area contributed by atoms with Crippen molar-refractivity contribution in [1.82, 2.24) is 0 Å². The highest BCUT2D eigenvalue weighted by Crippen LogP contribution is 2.10. The van der Waals surface area contributed by atoms with Gasteiger partial charge in [0.2, 0.25) is 0 Å². The molecule has 0 bridgehead atoms. The van der Waals surface area contributed by atoms with E-state index in [-0.39, 0.29) is 6.61 Å². The van der Waals surface area contributed by atoms with Crippen LogP contribution < -0.4 is 0 Å². The average Bonchev–Trinajstić information content (AvgIpc) is 2.64. The first-order valence-corrected chi connectivity index (χ1v) is 10.5. The van der Waals surface area contributed by atoms with Crippen LogP contribution in [0.1, 0.15) is 96.8 Å². The van der Waals surface area contributed by atoms with Crippen molar-refractivity contribution >= 4 is 5.97 Å². The maximum atomic E-state index is 11.3. The average molecular weight is 373 g/mol. The van der Waals surface area contributed by atoms with Gasteiger partial charge in [-0.25, -0.2) is 4.79 Å². The van der Waals surface area contributed by atoms with Gasteiger partial charge < -0.3 is 10.2 Å². The van der Waals surface area contributed by atoms with E-state index in [1.807, 2.05) is 0 Å². The molecule has 0 fully saturated rings. The number of carbonyl (C=O) groups is 1. The second kappa shape index (κ2) is 20.4. The monoisotopic (exact) mass is 372 g/mol. The Labute approximate surface area is 159 Å². The summed E-state index contributed by atoms with van der Waals surface area (Å²) in [5, 5.41) is 17.6. The van der Waals surface area contributed by atoms with Crippen molar-refractivity contribution in [2.45, 2.75) is 103 Å². The number of unbranched alkanes of at least 4 members (excludes halogenated alkanes) is 11. The van der Waals surface area contributed by atoms with E-state index in [1.165, 1.54) is 57.8 Å². The summed E-state index contributed by atoms with van der Waals surface area (Å²) in [5.74, 6) is -0.423. The zero-order valence-corrected chi connectivity index (χ0v) is 16.7. The predicted molar refractivity (Wildman–Crippen MR) is 105 cm³/mol. The molecule has 0 aromatic heterocycles. The largest absolute Gasteiger partial charge is 0.394 e. The summed E-state index contributed by atoms with van der Waals surface area (Å²) in [6.45, 7) is 1.64. The van der Waals surface area contributed by atoms with Crippen LogP contribution >= 0.6 is 0 Å². The van der Waals surface area contributed by atoms with Crippen molar-refractivity contribution < 1.29 is 24.8 Å². The van der Waals surface area contributed by atoms with Crippen molar-refractivity contribution in [3.8, 4) is 0 Å². The molecule has 0 rings (SSSR count). The predicted octanol–water partition coefficient (Wildman–Crippen LogP) is 4.85. The molecular formula is C21H40O5. The Morgan fingerprint density at radius 1 is 0.885 bits per heavy atom. The number of allylic oxidation sites excluding steroid dienone is 2. The third-order valence-corrected chi connectivity index (χ3v) is 4.27. The minimum absolute atomic E-state index is 0.200. The number of carbonyl (C=O) groups excluding carboxylic acids is 1. The van der Waals surface area contributed by atoms with Gasteiger partial charge in [0.25, 0.3) is 0 Å².